The molecule has 4 rings (SSSR count). The molecule has 0 atom stereocenters. The van der Waals surface area contributed by atoms with E-state index in [1.54, 1.807) is 53.0 Å². The first kappa shape index (κ1) is 19.8. The van der Waals surface area contributed by atoms with E-state index in [0.29, 0.717) is 28.8 Å². The van der Waals surface area contributed by atoms with Crippen molar-refractivity contribution in [3.63, 3.8) is 0 Å². The molecule has 0 spiro atoms. The van der Waals surface area contributed by atoms with E-state index in [4.69, 9.17) is 4.74 Å². The predicted molar refractivity (Wildman–Crippen MR) is 113 cm³/mol. The molecule has 0 saturated heterocycles. The van der Waals surface area contributed by atoms with Gasteiger partial charge in [-0.3, -0.25) is 4.79 Å². The van der Waals surface area contributed by atoms with Crippen LogP contribution in [-0.2, 0) is 4.79 Å². The SMILES string of the molecule is CCOc1ccc(NC(=O)CSc2nnc3ccc(-c4ccc(F)cc4)nn23)cc1. The molecule has 0 aliphatic heterocycles. The van der Waals surface area contributed by atoms with E-state index in [9.17, 15) is 9.18 Å². The molecule has 0 unspecified atom stereocenters. The molecule has 0 radical (unpaired) electrons. The highest BCUT2D eigenvalue weighted by molar-refractivity contribution is 7.99. The zero-order chi connectivity index (χ0) is 20.9. The molecule has 2 heterocycles. The highest BCUT2D eigenvalue weighted by atomic mass is 32.2. The number of carbonyl (C=O) groups is 1. The average Bonchev–Trinajstić information content (AvgIpc) is 3.17. The Labute approximate surface area is 176 Å². The van der Waals surface area contributed by atoms with Gasteiger partial charge in [-0.25, -0.2) is 4.39 Å². The number of rotatable bonds is 7. The molecule has 4 aromatic rings. The van der Waals surface area contributed by atoms with Crippen LogP contribution in [0, 0.1) is 5.82 Å². The predicted octanol–water partition coefficient (Wildman–Crippen LogP) is 4.06. The quantitative estimate of drug-likeness (QED) is 0.452. The lowest BCUT2D eigenvalue weighted by atomic mass is 10.1. The number of carbonyl (C=O) groups excluding carboxylic acids is 1. The van der Waals surface area contributed by atoms with Gasteiger partial charge in [0.25, 0.3) is 0 Å². The molecule has 0 aliphatic rings. The fraction of sp³-hybridized carbons (Fsp3) is 0.143. The van der Waals surface area contributed by atoms with Crippen molar-refractivity contribution in [1.82, 2.24) is 19.8 Å². The molecular weight excluding hydrogens is 405 g/mol. The molecule has 152 valence electrons. The Bertz CT molecular complexity index is 1160. The molecule has 30 heavy (non-hydrogen) atoms. The van der Waals surface area contributed by atoms with Crippen LogP contribution in [-0.4, -0.2) is 38.1 Å². The van der Waals surface area contributed by atoms with Crippen LogP contribution in [0.3, 0.4) is 0 Å². The highest BCUT2D eigenvalue weighted by Crippen LogP contribution is 2.21. The lowest BCUT2D eigenvalue weighted by Gasteiger charge is -2.07. The number of fused-ring (bicyclic) bond motifs is 1. The number of thioether (sulfide) groups is 1. The summed E-state index contributed by atoms with van der Waals surface area (Å²) in [7, 11) is 0. The first-order chi connectivity index (χ1) is 14.6. The Hall–Kier alpha value is -3.46. The maximum Gasteiger partial charge on any atom is 0.234 e. The van der Waals surface area contributed by atoms with Gasteiger partial charge in [-0.15, -0.1) is 10.2 Å². The minimum Gasteiger partial charge on any atom is -0.494 e. The largest absolute Gasteiger partial charge is 0.494 e. The second kappa shape index (κ2) is 8.91. The molecule has 7 nitrogen and oxygen atoms in total. The zero-order valence-corrected chi connectivity index (χ0v) is 16.9. The van der Waals surface area contributed by atoms with Crippen LogP contribution in [0.25, 0.3) is 16.9 Å². The van der Waals surface area contributed by atoms with Crippen LogP contribution in [0.15, 0.2) is 65.8 Å². The molecule has 2 aromatic heterocycles. The highest BCUT2D eigenvalue weighted by Gasteiger charge is 2.12. The van der Waals surface area contributed by atoms with Gasteiger partial charge in [-0.1, -0.05) is 11.8 Å². The van der Waals surface area contributed by atoms with Gasteiger partial charge < -0.3 is 10.1 Å². The number of nitrogens with zero attached hydrogens (tertiary/aromatic N) is 4. The van der Waals surface area contributed by atoms with Crippen molar-refractivity contribution in [2.75, 3.05) is 17.7 Å². The molecule has 0 bridgehead atoms. The fourth-order valence-electron chi connectivity index (χ4n) is 2.76. The summed E-state index contributed by atoms with van der Waals surface area (Å²) in [4.78, 5) is 12.3. The maximum atomic E-state index is 13.2. The molecule has 2 aromatic carbocycles. The van der Waals surface area contributed by atoms with Gasteiger partial charge in [0.2, 0.25) is 11.1 Å². The van der Waals surface area contributed by atoms with E-state index in [0.717, 1.165) is 11.3 Å². The number of halogens is 1. The van der Waals surface area contributed by atoms with Crippen LogP contribution in [0.4, 0.5) is 10.1 Å². The second-order valence-electron chi connectivity index (χ2n) is 6.27. The van der Waals surface area contributed by atoms with Gasteiger partial charge in [0.1, 0.15) is 11.6 Å². The average molecular weight is 423 g/mol. The number of amides is 1. The van der Waals surface area contributed by atoms with Crippen molar-refractivity contribution in [2.45, 2.75) is 12.1 Å². The summed E-state index contributed by atoms with van der Waals surface area (Å²) in [5.74, 6) is 0.425. The van der Waals surface area contributed by atoms with Crippen LogP contribution < -0.4 is 10.1 Å². The van der Waals surface area contributed by atoms with Crippen LogP contribution >= 0.6 is 11.8 Å². The van der Waals surface area contributed by atoms with Crippen molar-refractivity contribution >= 4 is 29.0 Å². The van der Waals surface area contributed by atoms with E-state index in [-0.39, 0.29) is 17.5 Å². The van der Waals surface area contributed by atoms with Gasteiger partial charge in [-0.2, -0.15) is 9.61 Å². The summed E-state index contributed by atoms with van der Waals surface area (Å²) < 4.78 is 20.1. The second-order valence-corrected chi connectivity index (χ2v) is 7.21. The molecule has 1 N–H and O–H groups in total. The summed E-state index contributed by atoms with van der Waals surface area (Å²) in [6.45, 7) is 2.50. The topological polar surface area (TPSA) is 81.4 Å². The number of aromatic nitrogens is 4. The monoisotopic (exact) mass is 423 g/mol. The zero-order valence-electron chi connectivity index (χ0n) is 16.1. The summed E-state index contributed by atoms with van der Waals surface area (Å²) in [6.07, 6.45) is 0. The minimum absolute atomic E-state index is 0.149. The number of nitrogens with one attached hydrogen (secondary N) is 1. The normalized spacial score (nSPS) is 10.9. The number of hydrogen-bond donors (Lipinski definition) is 1. The number of benzene rings is 2. The molecule has 9 heteroatoms. The summed E-state index contributed by atoms with van der Waals surface area (Å²) >= 11 is 1.23. The van der Waals surface area contributed by atoms with Crippen LogP contribution in [0.2, 0.25) is 0 Å². The van der Waals surface area contributed by atoms with Crippen molar-refractivity contribution in [3.05, 3.63) is 66.5 Å². The van der Waals surface area contributed by atoms with Gasteiger partial charge in [0, 0.05) is 11.3 Å². The van der Waals surface area contributed by atoms with Gasteiger partial charge >= 0.3 is 0 Å². The molecular formula is C21H18FN5O2S. The Morgan fingerprint density at radius 2 is 1.83 bits per heavy atom. The Morgan fingerprint density at radius 1 is 1.07 bits per heavy atom. The number of hydrogen-bond acceptors (Lipinski definition) is 6. The first-order valence-corrected chi connectivity index (χ1v) is 10.2. The third-order valence-corrected chi connectivity index (χ3v) is 5.07. The lowest BCUT2D eigenvalue weighted by molar-refractivity contribution is -0.113. The van der Waals surface area contributed by atoms with E-state index < -0.39 is 0 Å². The number of ether oxygens (including phenoxy) is 1. The smallest absolute Gasteiger partial charge is 0.234 e. The van der Waals surface area contributed by atoms with Crippen molar-refractivity contribution in [1.29, 1.82) is 0 Å². The van der Waals surface area contributed by atoms with E-state index in [2.05, 4.69) is 20.6 Å². The molecule has 0 aliphatic carbocycles. The Balaban J connectivity index is 1.43. The lowest BCUT2D eigenvalue weighted by Crippen LogP contribution is -2.14. The number of anilines is 1. The van der Waals surface area contributed by atoms with Crippen molar-refractivity contribution in [2.24, 2.45) is 0 Å². The molecule has 1 amide bonds. The van der Waals surface area contributed by atoms with Crippen molar-refractivity contribution in [3.8, 4) is 17.0 Å². The summed E-state index contributed by atoms with van der Waals surface area (Å²) in [5.41, 5.74) is 2.68. The minimum atomic E-state index is -0.307. The van der Waals surface area contributed by atoms with Crippen LogP contribution in [0.1, 0.15) is 6.92 Å². The third kappa shape index (κ3) is 4.57. The van der Waals surface area contributed by atoms with E-state index in [1.807, 2.05) is 6.92 Å². The summed E-state index contributed by atoms with van der Waals surface area (Å²) in [6, 6.07) is 16.8. The van der Waals surface area contributed by atoms with E-state index in [1.165, 1.54) is 23.9 Å². The standard InChI is InChI=1S/C21H18FN5O2S/c1-2-29-17-9-7-16(8-10-17)23-20(28)13-30-21-25-24-19-12-11-18(26-27(19)21)14-3-5-15(22)6-4-14/h3-12H,2,13H2,1H3,(H,23,28). The summed E-state index contributed by atoms with van der Waals surface area (Å²) in [5, 5.41) is 16.1. The fourth-order valence-corrected chi connectivity index (χ4v) is 3.45. The first-order valence-electron chi connectivity index (χ1n) is 9.26. The van der Waals surface area contributed by atoms with E-state index >= 15 is 0 Å². The molecule has 0 fully saturated rings. The van der Waals surface area contributed by atoms with Gasteiger partial charge in [0.15, 0.2) is 5.65 Å². The van der Waals surface area contributed by atoms with Gasteiger partial charge in [0.05, 0.1) is 18.1 Å². The maximum absolute atomic E-state index is 13.2. The third-order valence-electron chi connectivity index (χ3n) is 4.16. The van der Waals surface area contributed by atoms with Crippen LogP contribution in [0.5, 0.6) is 5.75 Å². The Morgan fingerprint density at radius 3 is 2.57 bits per heavy atom. The molecule has 0 saturated carbocycles. The van der Waals surface area contributed by atoms with Crippen molar-refractivity contribution < 1.29 is 13.9 Å². The van der Waals surface area contributed by atoms with Gasteiger partial charge in [-0.05, 0) is 67.6 Å². The Kier molecular flexibility index (Phi) is 5.89.